The number of fused-ring (bicyclic) bond motifs is 1. The summed E-state index contributed by atoms with van der Waals surface area (Å²) in [4.78, 5) is 28.4. The van der Waals surface area contributed by atoms with Gasteiger partial charge in [-0.3, -0.25) is 9.59 Å². The van der Waals surface area contributed by atoms with E-state index in [0.29, 0.717) is 35.7 Å². The normalized spacial score (nSPS) is 12.4. The number of benzene rings is 2. The molecule has 0 radical (unpaired) electrons. The number of hydrogen-bond acceptors (Lipinski definition) is 4. The first kappa shape index (κ1) is 16.8. The predicted octanol–water partition coefficient (Wildman–Crippen LogP) is 2.49. The molecule has 0 aliphatic carbocycles. The minimum absolute atomic E-state index is 0.115. The van der Waals surface area contributed by atoms with Crippen molar-refractivity contribution in [1.82, 2.24) is 14.9 Å². The van der Waals surface area contributed by atoms with Crippen molar-refractivity contribution in [2.75, 3.05) is 5.32 Å². The van der Waals surface area contributed by atoms with Gasteiger partial charge < -0.3 is 19.9 Å². The third-order valence-corrected chi connectivity index (χ3v) is 4.46. The number of rotatable bonds is 5. The van der Waals surface area contributed by atoms with Gasteiger partial charge in [-0.1, -0.05) is 6.07 Å². The van der Waals surface area contributed by atoms with Crippen LogP contribution in [-0.2, 0) is 20.2 Å². The Kier molecular flexibility index (Phi) is 4.33. The average Bonchev–Trinajstić information content (AvgIpc) is 3.26. The van der Waals surface area contributed by atoms with Crippen LogP contribution in [0.4, 0.5) is 5.69 Å². The summed E-state index contributed by atoms with van der Waals surface area (Å²) in [5.74, 6) is 1.11. The van der Waals surface area contributed by atoms with Crippen LogP contribution in [0.1, 0.15) is 32.1 Å². The fraction of sp³-hybridized carbons (Fsp3) is 0.150. The SMILES string of the molecule is Cn1ccnc1COc1ccc(C(=O)Nc2ccc3c(c2)C(=O)NC3)cc1. The van der Waals surface area contributed by atoms with Gasteiger partial charge in [-0.15, -0.1) is 0 Å². The van der Waals surface area contributed by atoms with Gasteiger partial charge in [-0.2, -0.15) is 0 Å². The lowest BCUT2D eigenvalue weighted by atomic mass is 10.1. The van der Waals surface area contributed by atoms with Crippen LogP contribution in [0.5, 0.6) is 5.75 Å². The number of hydrogen-bond donors (Lipinski definition) is 2. The number of amides is 2. The minimum atomic E-state index is -0.246. The summed E-state index contributed by atoms with van der Waals surface area (Å²) in [6, 6.07) is 12.2. The summed E-state index contributed by atoms with van der Waals surface area (Å²) in [6.07, 6.45) is 3.57. The van der Waals surface area contributed by atoms with Gasteiger partial charge in [0.2, 0.25) is 0 Å². The first-order valence-electron chi connectivity index (χ1n) is 8.52. The number of ether oxygens (including phenoxy) is 1. The first-order chi connectivity index (χ1) is 13.1. The van der Waals surface area contributed by atoms with Crippen LogP contribution in [0.2, 0.25) is 0 Å². The zero-order valence-corrected chi connectivity index (χ0v) is 14.7. The van der Waals surface area contributed by atoms with E-state index in [4.69, 9.17) is 4.74 Å². The molecular formula is C20H18N4O3. The Hall–Kier alpha value is -3.61. The number of nitrogens with zero attached hydrogens (tertiary/aromatic N) is 2. The van der Waals surface area contributed by atoms with Gasteiger partial charge in [0.1, 0.15) is 18.2 Å². The zero-order valence-electron chi connectivity index (χ0n) is 14.7. The van der Waals surface area contributed by atoms with Crippen molar-refractivity contribution < 1.29 is 14.3 Å². The molecule has 2 aromatic carbocycles. The van der Waals surface area contributed by atoms with E-state index in [-0.39, 0.29) is 11.8 Å². The maximum atomic E-state index is 12.4. The second-order valence-corrected chi connectivity index (χ2v) is 6.28. The van der Waals surface area contributed by atoms with Gasteiger partial charge in [0.05, 0.1) is 0 Å². The molecule has 1 aliphatic rings. The molecule has 2 amide bonds. The number of aromatic nitrogens is 2. The Balaban J connectivity index is 1.40. The molecule has 7 nitrogen and oxygen atoms in total. The summed E-state index contributed by atoms with van der Waals surface area (Å²) < 4.78 is 7.57. The van der Waals surface area contributed by atoms with Crippen LogP contribution in [0.3, 0.4) is 0 Å². The molecule has 0 spiro atoms. The van der Waals surface area contributed by atoms with Gasteiger partial charge in [0.25, 0.3) is 11.8 Å². The summed E-state index contributed by atoms with van der Waals surface area (Å²) in [5.41, 5.74) is 2.63. The fourth-order valence-corrected chi connectivity index (χ4v) is 2.88. The monoisotopic (exact) mass is 362 g/mol. The van der Waals surface area contributed by atoms with E-state index in [1.807, 2.05) is 23.9 Å². The van der Waals surface area contributed by atoms with Crippen molar-refractivity contribution in [3.63, 3.8) is 0 Å². The van der Waals surface area contributed by atoms with E-state index >= 15 is 0 Å². The van der Waals surface area contributed by atoms with Gasteiger partial charge in [0, 0.05) is 42.8 Å². The average molecular weight is 362 g/mol. The Morgan fingerprint density at radius 3 is 2.81 bits per heavy atom. The quantitative estimate of drug-likeness (QED) is 0.730. The number of carbonyl (C=O) groups excluding carboxylic acids is 2. The highest BCUT2D eigenvalue weighted by Gasteiger charge is 2.19. The molecule has 1 aliphatic heterocycles. The molecule has 0 saturated carbocycles. The smallest absolute Gasteiger partial charge is 0.255 e. The Bertz CT molecular complexity index is 1010. The molecular weight excluding hydrogens is 344 g/mol. The highest BCUT2D eigenvalue weighted by molar-refractivity contribution is 6.05. The van der Waals surface area contributed by atoms with Crippen molar-refractivity contribution in [3.8, 4) is 5.75 Å². The molecule has 27 heavy (non-hydrogen) atoms. The molecule has 4 rings (SSSR count). The number of nitrogens with one attached hydrogen (secondary N) is 2. The van der Waals surface area contributed by atoms with Crippen molar-refractivity contribution in [1.29, 1.82) is 0 Å². The number of carbonyl (C=O) groups is 2. The summed E-state index contributed by atoms with van der Waals surface area (Å²) in [5, 5.41) is 5.57. The van der Waals surface area contributed by atoms with E-state index < -0.39 is 0 Å². The maximum absolute atomic E-state index is 12.4. The zero-order chi connectivity index (χ0) is 18.8. The molecule has 7 heteroatoms. The van der Waals surface area contributed by atoms with Gasteiger partial charge in [-0.25, -0.2) is 4.98 Å². The maximum Gasteiger partial charge on any atom is 0.255 e. The Labute approximate surface area is 156 Å². The first-order valence-corrected chi connectivity index (χ1v) is 8.52. The fourth-order valence-electron chi connectivity index (χ4n) is 2.88. The van der Waals surface area contributed by atoms with Crippen molar-refractivity contribution in [2.24, 2.45) is 7.05 Å². The standard InChI is InChI=1S/C20H18N4O3/c1-24-9-8-21-18(24)12-27-16-6-3-13(4-7-16)19(25)23-15-5-2-14-11-22-20(26)17(14)10-15/h2-10H,11-12H2,1H3,(H,22,26)(H,23,25). The van der Waals surface area contributed by atoms with Crippen LogP contribution < -0.4 is 15.4 Å². The van der Waals surface area contributed by atoms with Gasteiger partial charge >= 0.3 is 0 Å². The van der Waals surface area contributed by atoms with Crippen LogP contribution in [0, 0.1) is 0 Å². The predicted molar refractivity (Wildman–Crippen MR) is 99.5 cm³/mol. The lowest BCUT2D eigenvalue weighted by Gasteiger charge is -2.09. The van der Waals surface area contributed by atoms with E-state index in [1.165, 1.54) is 0 Å². The van der Waals surface area contributed by atoms with Crippen molar-refractivity contribution in [3.05, 3.63) is 77.4 Å². The van der Waals surface area contributed by atoms with E-state index in [9.17, 15) is 9.59 Å². The molecule has 0 saturated heterocycles. The van der Waals surface area contributed by atoms with Gasteiger partial charge in [0.15, 0.2) is 0 Å². The lowest BCUT2D eigenvalue weighted by Crippen LogP contribution is -2.14. The Morgan fingerprint density at radius 1 is 1.26 bits per heavy atom. The molecule has 0 atom stereocenters. The molecule has 136 valence electrons. The summed E-state index contributed by atoms with van der Waals surface area (Å²) >= 11 is 0. The highest BCUT2D eigenvalue weighted by Crippen LogP contribution is 2.21. The molecule has 0 unspecified atom stereocenters. The van der Waals surface area contributed by atoms with Gasteiger partial charge in [-0.05, 0) is 42.0 Å². The van der Waals surface area contributed by atoms with Crippen molar-refractivity contribution >= 4 is 17.5 Å². The third kappa shape index (κ3) is 3.52. The van der Waals surface area contributed by atoms with Crippen molar-refractivity contribution in [2.45, 2.75) is 13.2 Å². The Morgan fingerprint density at radius 2 is 2.07 bits per heavy atom. The molecule has 0 bridgehead atoms. The van der Waals surface area contributed by atoms with E-state index in [2.05, 4.69) is 15.6 Å². The highest BCUT2D eigenvalue weighted by atomic mass is 16.5. The largest absolute Gasteiger partial charge is 0.486 e. The van der Waals surface area contributed by atoms with Crippen LogP contribution >= 0.6 is 0 Å². The summed E-state index contributed by atoms with van der Waals surface area (Å²) in [6.45, 7) is 0.883. The molecule has 3 aromatic rings. The second-order valence-electron chi connectivity index (χ2n) is 6.28. The van der Waals surface area contributed by atoms with Crippen LogP contribution in [-0.4, -0.2) is 21.4 Å². The van der Waals surface area contributed by atoms with Crippen LogP contribution in [0.25, 0.3) is 0 Å². The minimum Gasteiger partial charge on any atom is -0.486 e. The number of imidazole rings is 1. The molecule has 2 heterocycles. The summed E-state index contributed by atoms with van der Waals surface area (Å²) in [7, 11) is 1.90. The topological polar surface area (TPSA) is 85.2 Å². The third-order valence-electron chi connectivity index (χ3n) is 4.46. The van der Waals surface area contributed by atoms with Crippen LogP contribution in [0.15, 0.2) is 54.9 Å². The molecule has 2 N–H and O–H groups in total. The molecule has 0 fully saturated rings. The molecule has 1 aromatic heterocycles. The van der Waals surface area contributed by atoms with E-state index in [1.54, 1.807) is 42.6 Å². The van der Waals surface area contributed by atoms with E-state index in [0.717, 1.165) is 11.4 Å². The lowest BCUT2D eigenvalue weighted by molar-refractivity contribution is 0.0964. The number of anilines is 1. The second kappa shape index (κ2) is 6.95. The number of aryl methyl sites for hydroxylation is 1.